The van der Waals surface area contributed by atoms with Crippen molar-refractivity contribution in [1.29, 1.82) is 0 Å². The molecule has 0 fully saturated rings. The second-order valence-corrected chi connectivity index (χ2v) is 8.96. The van der Waals surface area contributed by atoms with E-state index in [-0.39, 0.29) is 0 Å². The quantitative estimate of drug-likeness (QED) is 0.278. The van der Waals surface area contributed by atoms with Crippen LogP contribution in [0.2, 0.25) is 5.02 Å². The maximum Gasteiger partial charge on any atom is 0.203 e. The molecule has 0 saturated heterocycles. The van der Waals surface area contributed by atoms with E-state index in [0.717, 1.165) is 22.0 Å². The molecule has 0 aliphatic rings. The first-order chi connectivity index (χ1) is 14.9. The summed E-state index contributed by atoms with van der Waals surface area (Å²) in [6.07, 6.45) is 1.69. The van der Waals surface area contributed by atoms with E-state index >= 15 is 0 Å². The van der Waals surface area contributed by atoms with E-state index in [4.69, 9.17) is 21.1 Å². The summed E-state index contributed by atoms with van der Waals surface area (Å²) in [6, 6.07) is 10.1. The molecule has 3 aromatic rings. The minimum Gasteiger partial charge on any atom is -0.490 e. The summed E-state index contributed by atoms with van der Waals surface area (Å²) >= 11 is 7.96. The van der Waals surface area contributed by atoms with E-state index in [2.05, 4.69) is 61.4 Å². The lowest BCUT2D eigenvalue weighted by molar-refractivity contribution is 0.248. The van der Waals surface area contributed by atoms with Gasteiger partial charge in [-0.05, 0) is 49.9 Å². The number of aryl methyl sites for hydroxylation is 2. The lowest BCUT2D eigenvalue weighted by Crippen LogP contribution is -2.07. The number of rotatable bonds is 9. The van der Waals surface area contributed by atoms with Crippen LogP contribution < -0.4 is 14.9 Å². The summed E-state index contributed by atoms with van der Waals surface area (Å²) in [4.78, 5) is 4.64. The molecule has 0 spiro atoms. The van der Waals surface area contributed by atoms with Crippen LogP contribution in [0.3, 0.4) is 0 Å². The molecule has 3 rings (SSSR count). The smallest absolute Gasteiger partial charge is 0.203 e. The van der Waals surface area contributed by atoms with Crippen molar-refractivity contribution in [2.24, 2.45) is 11.0 Å². The van der Waals surface area contributed by atoms with Crippen LogP contribution in [0.15, 0.2) is 40.8 Å². The van der Waals surface area contributed by atoms with Crippen molar-refractivity contribution in [2.45, 2.75) is 34.6 Å². The normalized spacial score (nSPS) is 11.3. The molecule has 1 aromatic heterocycles. The van der Waals surface area contributed by atoms with Gasteiger partial charge in [0.2, 0.25) is 5.13 Å². The Hall–Kier alpha value is -2.57. The van der Waals surface area contributed by atoms with Crippen molar-refractivity contribution in [3.05, 3.63) is 57.4 Å². The van der Waals surface area contributed by atoms with Gasteiger partial charge in [-0.1, -0.05) is 49.2 Å². The number of benzene rings is 2. The summed E-state index contributed by atoms with van der Waals surface area (Å²) in [6.45, 7) is 11.4. The van der Waals surface area contributed by atoms with Crippen LogP contribution in [0.5, 0.6) is 11.5 Å². The largest absolute Gasteiger partial charge is 0.490 e. The Morgan fingerprint density at radius 2 is 2.00 bits per heavy atom. The van der Waals surface area contributed by atoms with Crippen LogP contribution in [-0.2, 0) is 0 Å². The molecule has 0 atom stereocenters. The molecule has 1 heterocycles. The Kier molecular flexibility index (Phi) is 7.93. The second-order valence-electron chi connectivity index (χ2n) is 7.69. The highest BCUT2D eigenvalue weighted by molar-refractivity contribution is 7.14. The molecule has 0 aliphatic carbocycles. The third-order valence-corrected chi connectivity index (χ3v) is 5.46. The molecule has 0 radical (unpaired) electrons. The summed E-state index contributed by atoms with van der Waals surface area (Å²) in [5.74, 6) is 1.58. The molecule has 0 unspecified atom stereocenters. The van der Waals surface area contributed by atoms with Gasteiger partial charge in [-0.3, -0.25) is 5.43 Å². The van der Waals surface area contributed by atoms with Crippen molar-refractivity contribution in [3.63, 3.8) is 0 Å². The lowest BCUT2D eigenvalue weighted by Gasteiger charge is -2.15. The highest BCUT2D eigenvalue weighted by Gasteiger charge is 2.13. The SMILES string of the molecule is CCOc1cc(/C=N\Nc2nc(-c3ccc(C)cc3C)cs2)cc(Cl)c1OCC(C)C. The number of hydrazone groups is 1. The monoisotopic (exact) mass is 457 g/mol. The highest BCUT2D eigenvalue weighted by atomic mass is 35.5. The fourth-order valence-corrected chi connectivity index (χ4v) is 3.96. The van der Waals surface area contributed by atoms with E-state index in [0.29, 0.717) is 35.7 Å². The maximum atomic E-state index is 6.45. The first kappa shape index (κ1) is 23.1. The van der Waals surface area contributed by atoms with Gasteiger partial charge in [-0.15, -0.1) is 11.3 Å². The van der Waals surface area contributed by atoms with Gasteiger partial charge in [-0.2, -0.15) is 5.10 Å². The number of nitrogens with zero attached hydrogens (tertiary/aromatic N) is 2. The van der Waals surface area contributed by atoms with Crippen molar-refractivity contribution >= 4 is 34.3 Å². The fourth-order valence-electron chi connectivity index (χ4n) is 3.03. The van der Waals surface area contributed by atoms with Crippen molar-refractivity contribution < 1.29 is 9.47 Å². The van der Waals surface area contributed by atoms with Crippen LogP contribution in [-0.4, -0.2) is 24.4 Å². The van der Waals surface area contributed by atoms with Crippen molar-refractivity contribution in [2.75, 3.05) is 18.6 Å². The average Bonchev–Trinajstić information content (AvgIpc) is 3.16. The zero-order chi connectivity index (χ0) is 22.4. The Labute approximate surface area is 193 Å². The van der Waals surface area contributed by atoms with Crippen LogP contribution >= 0.6 is 22.9 Å². The van der Waals surface area contributed by atoms with Crippen LogP contribution in [0.1, 0.15) is 37.5 Å². The molecule has 0 bridgehead atoms. The molecule has 5 nitrogen and oxygen atoms in total. The van der Waals surface area contributed by atoms with Crippen molar-refractivity contribution in [1.82, 2.24) is 4.98 Å². The van der Waals surface area contributed by atoms with Gasteiger partial charge in [0.15, 0.2) is 11.5 Å². The molecule has 7 heteroatoms. The third kappa shape index (κ3) is 6.21. The molecule has 2 aromatic carbocycles. The number of ether oxygens (including phenoxy) is 2. The topological polar surface area (TPSA) is 55.7 Å². The van der Waals surface area contributed by atoms with Crippen LogP contribution in [0, 0.1) is 19.8 Å². The van der Waals surface area contributed by atoms with Gasteiger partial charge in [0.05, 0.1) is 30.1 Å². The molecule has 0 saturated carbocycles. The third-order valence-electron chi connectivity index (χ3n) is 4.43. The molecule has 164 valence electrons. The maximum absolute atomic E-state index is 6.45. The summed E-state index contributed by atoms with van der Waals surface area (Å²) in [7, 11) is 0. The number of nitrogens with one attached hydrogen (secondary N) is 1. The zero-order valence-electron chi connectivity index (χ0n) is 18.5. The number of anilines is 1. The van der Waals surface area contributed by atoms with Crippen LogP contribution in [0.4, 0.5) is 5.13 Å². The predicted molar refractivity (Wildman–Crippen MR) is 131 cm³/mol. The van der Waals surface area contributed by atoms with Gasteiger partial charge >= 0.3 is 0 Å². The zero-order valence-corrected chi connectivity index (χ0v) is 20.1. The number of thiazole rings is 1. The van der Waals surface area contributed by atoms with Crippen molar-refractivity contribution in [3.8, 4) is 22.8 Å². The van der Waals surface area contributed by atoms with E-state index in [1.165, 1.54) is 22.5 Å². The number of hydrogen-bond acceptors (Lipinski definition) is 6. The minimum absolute atomic E-state index is 0.392. The molecular formula is C24H28ClN3O2S. The molecule has 0 amide bonds. The first-order valence-corrected chi connectivity index (χ1v) is 11.5. The van der Waals surface area contributed by atoms with Gasteiger partial charge in [-0.25, -0.2) is 4.98 Å². The van der Waals surface area contributed by atoms with E-state index in [1.54, 1.807) is 6.21 Å². The van der Waals surface area contributed by atoms with Crippen LogP contribution in [0.25, 0.3) is 11.3 Å². The van der Waals surface area contributed by atoms with E-state index < -0.39 is 0 Å². The Bertz CT molecular complexity index is 1060. The Morgan fingerprint density at radius 1 is 1.19 bits per heavy atom. The van der Waals surface area contributed by atoms with Gasteiger partial charge in [0, 0.05) is 10.9 Å². The number of hydrogen-bond donors (Lipinski definition) is 1. The molecular weight excluding hydrogens is 430 g/mol. The average molecular weight is 458 g/mol. The lowest BCUT2D eigenvalue weighted by atomic mass is 10.0. The van der Waals surface area contributed by atoms with Gasteiger partial charge in [0.1, 0.15) is 0 Å². The second kappa shape index (κ2) is 10.6. The highest BCUT2D eigenvalue weighted by Crippen LogP contribution is 2.36. The summed E-state index contributed by atoms with van der Waals surface area (Å²) < 4.78 is 11.6. The molecule has 1 N–H and O–H groups in total. The Morgan fingerprint density at radius 3 is 2.71 bits per heavy atom. The first-order valence-electron chi connectivity index (χ1n) is 10.3. The van der Waals surface area contributed by atoms with Gasteiger partial charge < -0.3 is 9.47 Å². The fraction of sp³-hybridized carbons (Fsp3) is 0.333. The van der Waals surface area contributed by atoms with E-state index in [9.17, 15) is 0 Å². The van der Waals surface area contributed by atoms with E-state index in [1.807, 2.05) is 24.4 Å². The Balaban J connectivity index is 1.73. The standard InChI is InChI=1S/C24H28ClN3O2S/c1-6-29-22-11-18(10-20(25)23(22)30-13-15(2)3)12-26-28-24-27-21(14-31-24)19-8-7-16(4)9-17(19)5/h7-12,14-15H,6,13H2,1-5H3,(H,27,28)/b26-12-. The molecule has 0 aliphatic heterocycles. The minimum atomic E-state index is 0.392. The molecule has 31 heavy (non-hydrogen) atoms. The van der Waals surface area contributed by atoms with Gasteiger partial charge in [0.25, 0.3) is 0 Å². The summed E-state index contributed by atoms with van der Waals surface area (Å²) in [5, 5.41) is 7.57. The predicted octanol–water partition coefficient (Wildman–Crippen LogP) is 6.96. The number of halogens is 1. The summed E-state index contributed by atoms with van der Waals surface area (Å²) in [5.41, 5.74) is 8.33. The number of aromatic nitrogens is 1.